The number of alkyl carbamates (subject to hydrolysis) is 1. The van der Waals surface area contributed by atoms with E-state index in [1.54, 1.807) is 20.8 Å². The molecule has 0 spiro atoms. The first kappa shape index (κ1) is 26.9. The first-order valence-corrected chi connectivity index (χ1v) is 10.2. The van der Waals surface area contributed by atoms with E-state index < -0.39 is 41.5 Å². The lowest BCUT2D eigenvalue weighted by Crippen LogP contribution is -2.47. The highest BCUT2D eigenvalue weighted by atomic mass is 16.6. The predicted molar refractivity (Wildman–Crippen MR) is 119 cm³/mol. The van der Waals surface area contributed by atoms with Gasteiger partial charge in [-0.1, -0.05) is 6.07 Å². The summed E-state index contributed by atoms with van der Waals surface area (Å²) in [6.07, 6.45) is -0.599. The maximum atomic E-state index is 12.5. The largest absolute Gasteiger partial charge is 0.444 e. The number of aliphatic hydroxyl groups is 1. The molecule has 0 saturated carbocycles. The van der Waals surface area contributed by atoms with E-state index in [0.717, 1.165) is 0 Å². The number of ether oxygens (including phenoxy) is 1. The number of carbonyl (C=O) groups is 4. The van der Waals surface area contributed by atoms with Crippen molar-refractivity contribution in [2.24, 2.45) is 5.73 Å². The zero-order valence-corrected chi connectivity index (χ0v) is 19.1. The Bertz CT molecular complexity index is 834. The van der Waals surface area contributed by atoms with Gasteiger partial charge in [0.05, 0.1) is 12.6 Å². The van der Waals surface area contributed by atoms with Crippen LogP contribution in [0.3, 0.4) is 0 Å². The van der Waals surface area contributed by atoms with Crippen molar-refractivity contribution in [3.63, 3.8) is 0 Å². The number of nitrogens with two attached hydrogens (primary N) is 1. The minimum Gasteiger partial charge on any atom is -0.444 e. The van der Waals surface area contributed by atoms with E-state index in [1.807, 2.05) is 0 Å². The predicted octanol–water partition coefficient (Wildman–Crippen LogP) is 0.224. The van der Waals surface area contributed by atoms with Crippen molar-refractivity contribution >= 4 is 29.5 Å². The monoisotopic (exact) mass is 451 g/mol. The van der Waals surface area contributed by atoms with Crippen LogP contribution in [0.1, 0.15) is 50.5 Å². The molecule has 0 fully saturated rings. The molecule has 0 aliphatic carbocycles. The lowest BCUT2D eigenvalue weighted by Gasteiger charge is -2.19. The van der Waals surface area contributed by atoms with Gasteiger partial charge in [0.1, 0.15) is 11.6 Å². The molecule has 0 aromatic heterocycles. The molecule has 0 aliphatic heterocycles. The van der Waals surface area contributed by atoms with Gasteiger partial charge in [-0.05, 0) is 52.3 Å². The standard InChI is InChI=1S/C21H33N5O6/c1-12(22)17(28)25-13(2)18(29)26-15-7-6-14(11-27)16(10-15)19(30)23-8-9-24-20(31)32-21(3,4)5/h6-7,10,12-13,27H,8-9,11,22H2,1-5H3,(H,23,30)(H,24,31)(H,25,28)(H,26,29)/t12-,13-/m0/s1. The third-order valence-electron chi connectivity index (χ3n) is 4.04. The van der Waals surface area contributed by atoms with Gasteiger partial charge in [-0.3, -0.25) is 14.4 Å². The third-order valence-corrected chi connectivity index (χ3v) is 4.04. The van der Waals surface area contributed by atoms with Crippen molar-refractivity contribution in [1.29, 1.82) is 0 Å². The molecule has 0 heterocycles. The van der Waals surface area contributed by atoms with Crippen LogP contribution in [0, 0.1) is 0 Å². The number of amides is 4. The Morgan fingerprint density at radius 1 is 1.06 bits per heavy atom. The number of benzene rings is 1. The van der Waals surface area contributed by atoms with E-state index in [-0.39, 0.29) is 25.3 Å². The van der Waals surface area contributed by atoms with Crippen LogP contribution >= 0.6 is 0 Å². The van der Waals surface area contributed by atoms with Crippen molar-refractivity contribution in [2.75, 3.05) is 18.4 Å². The molecular formula is C21H33N5O6. The molecule has 2 atom stereocenters. The highest BCUT2D eigenvalue weighted by molar-refractivity contribution is 6.00. The second-order valence-electron chi connectivity index (χ2n) is 8.22. The summed E-state index contributed by atoms with van der Waals surface area (Å²) < 4.78 is 5.11. The van der Waals surface area contributed by atoms with E-state index in [2.05, 4.69) is 21.3 Å². The summed E-state index contributed by atoms with van der Waals surface area (Å²) in [5.41, 5.74) is 5.68. The Hall–Kier alpha value is -3.18. The Morgan fingerprint density at radius 3 is 2.25 bits per heavy atom. The van der Waals surface area contributed by atoms with Crippen molar-refractivity contribution in [2.45, 2.75) is 58.9 Å². The smallest absolute Gasteiger partial charge is 0.407 e. The van der Waals surface area contributed by atoms with Crippen LogP contribution in [-0.2, 0) is 20.9 Å². The molecule has 0 aliphatic rings. The van der Waals surface area contributed by atoms with E-state index >= 15 is 0 Å². The molecule has 11 heteroatoms. The summed E-state index contributed by atoms with van der Waals surface area (Å²) in [5, 5.41) is 19.8. The molecule has 7 N–H and O–H groups in total. The fraction of sp³-hybridized carbons (Fsp3) is 0.524. The van der Waals surface area contributed by atoms with Crippen LogP contribution in [0.15, 0.2) is 18.2 Å². The molecule has 1 rings (SSSR count). The number of rotatable bonds is 9. The summed E-state index contributed by atoms with van der Waals surface area (Å²) in [7, 11) is 0. The van der Waals surface area contributed by atoms with Crippen molar-refractivity contribution in [1.82, 2.24) is 16.0 Å². The fourth-order valence-corrected chi connectivity index (χ4v) is 2.41. The fourth-order valence-electron chi connectivity index (χ4n) is 2.41. The zero-order valence-electron chi connectivity index (χ0n) is 19.1. The zero-order chi connectivity index (χ0) is 24.5. The average Bonchev–Trinajstić information content (AvgIpc) is 2.69. The summed E-state index contributed by atoms with van der Waals surface area (Å²) >= 11 is 0. The SMILES string of the molecule is C[C@H](N)C(=O)N[C@@H](C)C(=O)Nc1ccc(CO)c(C(=O)NCCNC(=O)OC(C)(C)C)c1. The van der Waals surface area contributed by atoms with E-state index in [1.165, 1.54) is 32.0 Å². The highest BCUT2D eigenvalue weighted by Gasteiger charge is 2.19. The molecular weight excluding hydrogens is 418 g/mol. The Kier molecular flexibility index (Phi) is 10.1. The van der Waals surface area contributed by atoms with Crippen molar-refractivity contribution in [3.05, 3.63) is 29.3 Å². The van der Waals surface area contributed by atoms with Crippen LogP contribution in [0.25, 0.3) is 0 Å². The van der Waals surface area contributed by atoms with Crippen LogP contribution in [0.4, 0.5) is 10.5 Å². The number of hydrogen-bond donors (Lipinski definition) is 6. The van der Waals surface area contributed by atoms with Crippen LogP contribution < -0.4 is 27.0 Å². The van der Waals surface area contributed by atoms with Gasteiger partial charge in [0.15, 0.2) is 0 Å². The third kappa shape index (κ3) is 9.31. The van der Waals surface area contributed by atoms with Gasteiger partial charge in [-0.15, -0.1) is 0 Å². The maximum absolute atomic E-state index is 12.5. The number of aliphatic hydroxyl groups excluding tert-OH is 1. The van der Waals surface area contributed by atoms with Crippen molar-refractivity contribution in [3.8, 4) is 0 Å². The van der Waals surface area contributed by atoms with E-state index in [4.69, 9.17) is 10.5 Å². The lowest BCUT2D eigenvalue weighted by atomic mass is 10.1. The second kappa shape index (κ2) is 12.0. The van der Waals surface area contributed by atoms with Crippen LogP contribution in [-0.4, -0.2) is 59.7 Å². The Morgan fingerprint density at radius 2 is 1.69 bits per heavy atom. The first-order chi connectivity index (χ1) is 14.8. The quantitative estimate of drug-likeness (QED) is 0.291. The van der Waals surface area contributed by atoms with Gasteiger partial charge in [-0.25, -0.2) is 4.79 Å². The minimum absolute atomic E-state index is 0.125. The summed E-state index contributed by atoms with van der Waals surface area (Å²) in [6, 6.07) is 2.86. The Labute approximate surface area is 187 Å². The van der Waals surface area contributed by atoms with Gasteiger partial charge >= 0.3 is 6.09 Å². The molecule has 0 unspecified atom stereocenters. The van der Waals surface area contributed by atoms with Gasteiger partial charge in [0.2, 0.25) is 11.8 Å². The van der Waals surface area contributed by atoms with Gasteiger partial charge in [0, 0.05) is 24.3 Å². The summed E-state index contributed by atoms with van der Waals surface area (Å²) in [4.78, 5) is 48.1. The molecule has 0 saturated heterocycles. The van der Waals surface area contributed by atoms with Crippen LogP contribution in [0.5, 0.6) is 0 Å². The number of anilines is 1. The topological polar surface area (TPSA) is 172 Å². The number of nitrogens with one attached hydrogen (secondary N) is 4. The second-order valence-corrected chi connectivity index (χ2v) is 8.22. The molecule has 178 valence electrons. The van der Waals surface area contributed by atoms with Gasteiger partial charge in [-0.2, -0.15) is 0 Å². The van der Waals surface area contributed by atoms with E-state index in [0.29, 0.717) is 11.3 Å². The van der Waals surface area contributed by atoms with E-state index in [9.17, 15) is 24.3 Å². The normalized spacial score (nSPS) is 12.8. The molecule has 1 aromatic rings. The molecule has 11 nitrogen and oxygen atoms in total. The molecule has 1 aromatic carbocycles. The molecule has 4 amide bonds. The minimum atomic E-state index is -0.845. The summed E-state index contributed by atoms with van der Waals surface area (Å²) in [6.45, 7) is 8.11. The van der Waals surface area contributed by atoms with Crippen molar-refractivity contribution < 1.29 is 29.0 Å². The molecule has 0 radical (unpaired) electrons. The maximum Gasteiger partial charge on any atom is 0.407 e. The molecule has 32 heavy (non-hydrogen) atoms. The van der Waals surface area contributed by atoms with Gasteiger partial charge in [0.25, 0.3) is 5.91 Å². The lowest BCUT2D eigenvalue weighted by molar-refractivity contribution is -0.126. The van der Waals surface area contributed by atoms with Crippen LogP contribution in [0.2, 0.25) is 0 Å². The number of carbonyl (C=O) groups excluding carboxylic acids is 4. The first-order valence-electron chi connectivity index (χ1n) is 10.2. The highest BCUT2D eigenvalue weighted by Crippen LogP contribution is 2.17. The van der Waals surface area contributed by atoms with Gasteiger partial charge < -0.3 is 36.8 Å². The summed E-state index contributed by atoms with van der Waals surface area (Å²) in [5.74, 6) is -1.46. The average molecular weight is 452 g/mol. The number of hydrogen-bond acceptors (Lipinski definition) is 7. The molecule has 0 bridgehead atoms. The Balaban J connectivity index is 2.71.